The molecule has 0 radical (unpaired) electrons. The Labute approximate surface area is 277 Å². The summed E-state index contributed by atoms with van der Waals surface area (Å²) < 4.78 is 33.0. The van der Waals surface area contributed by atoms with Gasteiger partial charge in [-0.25, -0.2) is 4.79 Å². The standard InChI is InChI=1S/C36H61O9P/c1-25(2)7-6-8-26(3)30-11-12-31-29-10-9-27-23-28(13-16-35(27,4)32(29)14-17-36(30,31)5)43-20-18-42-19-21-44-34(39)15-22-46(40,41)45-24-33(37)38/h9,25-26,28-32H,6-8,10-24H2,1-5H3,(H,37,38)(H,40,41)/t26-,28+,29+,30-,31+,32+,35+,36-/m1/s1. The van der Waals surface area contributed by atoms with E-state index in [1.165, 1.54) is 57.8 Å². The summed E-state index contributed by atoms with van der Waals surface area (Å²) in [5, 5.41) is 8.53. The van der Waals surface area contributed by atoms with Gasteiger partial charge in [0.1, 0.15) is 6.61 Å². The van der Waals surface area contributed by atoms with E-state index in [0.29, 0.717) is 24.0 Å². The first-order chi connectivity index (χ1) is 21.7. The van der Waals surface area contributed by atoms with Crippen LogP contribution in [0.4, 0.5) is 0 Å². The van der Waals surface area contributed by atoms with Crippen molar-refractivity contribution < 1.29 is 42.9 Å². The molecule has 3 saturated carbocycles. The van der Waals surface area contributed by atoms with E-state index in [1.54, 1.807) is 5.57 Å². The normalized spacial score (nSPS) is 34.2. The Morgan fingerprint density at radius 2 is 1.76 bits per heavy atom. The van der Waals surface area contributed by atoms with Gasteiger partial charge in [-0.1, -0.05) is 65.5 Å². The first-order valence-electron chi connectivity index (χ1n) is 18.0. The van der Waals surface area contributed by atoms with Gasteiger partial charge in [-0.15, -0.1) is 0 Å². The van der Waals surface area contributed by atoms with Crippen molar-refractivity contribution in [2.75, 3.05) is 39.2 Å². The van der Waals surface area contributed by atoms with Crippen LogP contribution in [0.15, 0.2) is 11.6 Å². The Bertz CT molecular complexity index is 1110. The van der Waals surface area contributed by atoms with Gasteiger partial charge in [0.2, 0.25) is 0 Å². The molecule has 2 N–H and O–H groups in total. The number of carbonyl (C=O) groups is 2. The molecule has 0 amide bonds. The quantitative estimate of drug-likeness (QED) is 0.0655. The predicted octanol–water partition coefficient (Wildman–Crippen LogP) is 7.65. The minimum Gasteiger partial charge on any atom is -0.480 e. The fraction of sp³-hybridized carbons (Fsp3) is 0.889. The van der Waals surface area contributed by atoms with Crippen LogP contribution in [0.1, 0.15) is 112 Å². The van der Waals surface area contributed by atoms with Gasteiger partial charge in [-0.05, 0) is 97.7 Å². The number of carboxylic acid groups (broad SMARTS) is 1. The van der Waals surface area contributed by atoms with E-state index < -0.39 is 32.3 Å². The van der Waals surface area contributed by atoms with Gasteiger partial charge in [-0.2, -0.15) is 0 Å². The molecular weight excluding hydrogens is 607 g/mol. The zero-order valence-corrected chi connectivity index (χ0v) is 29.9. The van der Waals surface area contributed by atoms with Crippen molar-refractivity contribution in [3.8, 4) is 0 Å². The van der Waals surface area contributed by atoms with Crippen molar-refractivity contribution in [3.05, 3.63) is 11.6 Å². The van der Waals surface area contributed by atoms with Crippen molar-refractivity contribution in [3.63, 3.8) is 0 Å². The molecule has 0 aromatic heterocycles. The van der Waals surface area contributed by atoms with Crippen LogP contribution in [0.3, 0.4) is 0 Å². The first kappa shape index (κ1) is 37.6. The van der Waals surface area contributed by atoms with Gasteiger partial charge in [0.25, 0.3) is 0 Å². The van der Waals surface area contributed by atoms with Gasteiger partial charge in [0.05, 0.1) is 38.5 Å². The van der Waals surface area contributed by atoms with Gasteiger partial charge in [-0.3, -0.25) is 13.9 Å². The molecule has 0 saturated heterocycles. The van der Waals surface area contributed by atoms with Crippen molar-refractivity contribution >= 4 is 19.5 Å². The molecule has 1 unspecified atom stereocenters. The summed E-state index contributed by atoms with van der Waals surface area (Å²) in [5.41, 5.74) is 2.44. The van der Waals surface area contributed by atoms with E-state index in [0.717, 1.165) is 48.3 Å². The smallest absolute Gasteiger partial charge is 0.330 e. The molecule has 0 aliphatic heterocycles. The third-order valence-electron chi connectivity index (χ3n) is 12.3. The molecule has 4 rings (SSSR count). The largest absolute Gasteiger partial charge is 0.480 e. The third kappa shape index (κ3) is 9.46. The molecule has 0 aromatic rings. The van der Waals surface area contributed by atoms with Crippen LogP contribution < -0.4 is 0 Å². The van der Waals surface area contributed by atoms with Crippen LogP contribution in [0.5, 0.6) is 0 Å². The lowest BCUT2D eigenvalue weighted by Crippen LogP contribution is -2.51. The molecule has 0 spiro atoms. The molecule has 9 atom stereocenters. The van der Waals surface area contributed by atoms with Crippen molar-refractivity contribution in [1.29, 1.82) is 0 Å². The number of ether oxygens (including phenoxy) is 3. The average molecular weight is 669 g/mol. The summed E-state index contributed by atoms with van der Waals surface area (Å²) in [6.45, 7) is 12.7. The maximum atomic E-state index is 11.8. The van der Waals surface area contributed by atoms with Crippen LogP contribution in [0.2, 0.25) is 0 Å². The number of allylic oxidation sites excluding steroid dienone is 1. The fourth-order valence-electron chi connectivity index (χ4n) is 9.91. The molecule has 9 nitrogen and oxygen atoms in total. The molecule has 10 heteroatoms. The van der Waals surface area contributed by atoms with E-state index in [2.05, 4.69) is 45.2 Å². The first-order valence-corrected chi connectivity index (χ1v) is 19.7. The summed E-state index contributed by atoms with van der Waals surface area (Å²) in [5.74, 6) is 3.03. The lowest BCUT2D eigenvalue weighted by atomic mass is 9.47. The monoisotopic (exact) mass is 668 g/mol. The van der Waals surface area contributed by atoms with Crippen LogP contribution in [0.25, 0.3) is 0 Å². The number of aliphatic carboxylic acids is 1. The number of hydrogen-bond acceptors (Lipinski definition) is 7. The summed E-state index contributed by atoms with van der Waals surface area (Å²) >= 11 is 0. The zero-order valence-electron chi connectivity index (χ0n) is 29.0. The number of carbonyl (C=O) groups excluding carboxylic acids is 1. The Hall–Kier alpha value is -1.25. The second-order valence-corrected chi connectivity index (χ2v) is 17.6. The summed E-state index contributed by atoms with van der Waals surface area (Å²) in [6.07, 6.45) is 16.3. The van der Waals surface area contributed by atoms with E-state index in [9.17, 15) is 19.0 Å². The number of rotatable bonds is 18. The minimum absolute atomic E-state index is 0.0274. The van der Waals surface area contributed by atoms with E-state index in [4.69, 9.17) is 19.3 Å². The van der Waals surface area contributed by atoms with Crippen molar-refractivity contribution in [2.45, 2.75) is 118 Å². The van der Waals surface area contributed by atoms with Crippen LogP contribution in [0, 0.1) is 46.3 Å². The molecular formula is C36H61O9P. The highest BCUT2D eigenvalue weighted by molar-refractivity contribution is 7.52. The Balaban J connectivity index is 1.15. The second-order valence-electron chi connectivity index (χ2n) is 15.6. The lowest BCUT2D eigenvalue weighted by molar-refractivity contribution is -0.145. The highest BCUT2D eigenvalue weighted by Crippen LogP contribution is 2.67. The maximum Gasteiger partial charge on any atom is 0.330 e. The van der Waals surface area contributed by atoms with Gasteiger partial charge >= 0.3 is 19.5 Å². The van der Waals surface area contributed by atoms with Gasteiger partial charge in [0, 0.05) is 0 Å². The minimum atomic E-state index is -4.14. The molecule has 46 heavy (non-hydrogen) atoms. The summed E-state index contributed by atoms with van der Waals surface area (Å²) in [4.78, 5) is 31.8. The van der Waals surface area contributed by atoms with Crippen molar-refractivity contribution in [1.82, 2.24) is 0 Å². The highest BCUT2D eigenvalue weighted by atomic mass is 31.2. The Kier molecular flexibility index (Phi) is 13.4. The number of carboxylic acids is 1. The molecule has 4 aliphatic carbocycles. The van der Waals surface area contributed by atoms with Gasteiger partial charge < -0.3 is 24.2 Å². The average Bonchev–Trinajstić information content (AvgIpc) is 3.36. The summed E-state index contributed by atoms with van der Waals surface area (Å²) in [7, 11) is -4.14. The van der Waals surface area contributed by atoms with E-state index in [-0.39, 0.29) is 25.7 Å². The number of esters is 1. The fourth-order valence-corrected chi connectivity index (χ4v) is 10.8. The molecule has 0 heterocycles. The number of fused-ring (bicyclic) bond motifs is 5. The van der Waals surface area contributed by atoms with Gasteiger partial charge in [0.15, 0.2) is 6.61 Å². The number of hydrogen-bond donors (Lipinski definition) is 2. The van der Waals surface area contributed by atoms with Crippen molar-refractivity contribution in [2.24, 2.45) is 46.3 Å². The second kappa shape index (κ2) is 16.4. The Morgan fingerprint density at radius 1 is 1.00 bits per heavy atom. The third-order valence-corrected chi connectivity index (χ3v) is 13.6. The molecule has 4 aliphatic rings. The zero-order chi connectivity index (χ0) is 33.5. The van der Waals surface area contributed by atoms with Crippen LogP contribution in [-0.2, 0) is 32.9 Å². The predicted molar refractivity (Wildman–Crippen MR) is 177 cm³/mol. The Morgan fingerprint density at radius 3 is 2.50 bits per heavy atom. The highest BCUT2D eigenvalue weighted by Gasteiger charge is 2.59. The summed E-state index contributed by atoms with van der Waals surface area (Å²) in [6, 6.07) is 0. The van der Waals surface area contributed by atoms with E-state index >= 15 is 0 Å². The molecule has 0 aromatic carbocycles. The van der Waals surface area contributed by atoms with E-state index in [1.807, 2.05) is 0 Å². The molecule has 0 bridgehead atoms. The van der Waals surface area contributed by atoms with Crippen LogP contribution >= 0.6 is 7.60 Å². The van der Waals surface area contributed by atoms with Crippen LogP contribution in [-0.4, -0.2) is 67.2 Å². The SMILES string of the molecule is CC(C)CCC[C@@H](C)[C@H]1CC[C@H]2[C@@H]3CC=C4C[C@@H](OCCOCCOC(=O)CCP(=O)(O)OCC(=O)O)CC[C@]4(C)[C@H]3CC[C@]12C. The topological polar surface area (TPSA) is 129 Å². The maximum absolute atomic E-state index is 11.8. The molecule has 264 valence electrons. The lowest BCUT2D eigenvalue weighted by Gasteiger charge is -2.58. The molecule has 3 fully saturated rings.